The Morgan fingerprint density at radius 3 is 2.87 bits per heavy atom. The smallest absolute Gasteiger partial charge is 0.0931 e. The van der Waals surface area contributed by atoms with E-state index in [0.717, 1.165) is 12.3 Å². The molecule has 1 saturated carbocycles. The number of nitrogens with two attached hydrogens (primary N) is 1. The van der Waals surface area contributed by atoms with Crippen LogP contribution >= 0.6 is 11.3 Å². The summed E-state index contributed by atoms with van der Waals surface area (Å²) in [7, 11) is 0. The van der Waals surface area contributed by atoms with Crippen LogP contribution in [0.3, 0.4) is 0 Å². The summed E-state index contributed by atoms with van der Waals surface area (Å²) in [6.45, 7) is 5.09. The first-order valence-electron chi connectivity index (χ1n) is 5.83. The molecular formula is C12H20N2S. The number of hydrogen-bond donors (Lipinski definition) is 1. The average Bonchev–Trinajstić information content (AvgIpc) is 2.93. The van der Waals surface area contributed by atoms with Crippen molar-refractivity contribution < 1.29 is 0 Å². The zero-order valence-corrected chi connectivity index (χ0v) is 10.4. The molecular weight excluding hydrogens is 204 g/mol. The van der Waals surface area contributed by atoms with Crippen LogP contribution in [-0.4, -0.2) is 11.5 Å². The van der Waals surface area contributed by atoms with Crippen molar-refractivity contribution in [2.24, 2.45) is 11.7 Å². The standard InChI is InChI=1S/C12H20N2S/c1-3-12(2,8-13)10-7-15-11(14-10)6-9-4-5-9/h7,9H,3-6,8,13H2,1-2H3. The number of hydrogen-bond acceptors (Lipinski definition) is 3. The first-order chi connectivity index (χ1) is 7.18. The summed E-state index contributed by atoms with van der Waals surface area (Å²) < 4.78 is 0. The Bertz CT molecular complexity index is 324. The summed E-state index contributed by atoms with van der Waals surface area (Å²) in [6.07, 6.45) is 5.05. The molecule has 2 N–H and O–H groups in total. The molecule has 0 radical (unpaired) electrons. The summed E-state index contributed by atoms with van der Waals surface area (Å²) in [6, 6.07) is 0. The van der Waals surface area contributed by atoms with Gasteiger partial charge in [-0.3, -0.25) is 0 Å². The van der Waals surface area contributed by atoms with Gasteiger partial charge >= 0.3 is 0 Å². The molecule has 3 heteroatoms. The van der Waals surface area contributed by atoms with Crippen LogP contribution in [-0.2, 0) is 11.8 Å². The van der Waals surface area contributed by atoms with Crippen molar-refractivity contribution in [1.82, 2.24) is 4.98 Å². The quantitative estimate of drug-likeness (QED) is 0.835. The lowest BCUT2D eigenvalue weighted by Gasteiger charge is -2.23. The summed E-state index contributed by atoms with van der Waals surface area (Å²) in [5, 5.41) is 3.51. The van der Waals surface area contributed by atoms with Crippen LogP contribution in [0.4, 0.5) is 0 Å². The highest BCUT2D eigenvalue weighted by molar-refractivity contribution is 7.09. The van der Waals surface area contributed by atoms with E-state index in [9.17, 15) is 0 Å². The van der Waals surface area contributed by atoms with E-state index in [-0.39, 0.29) is 5.41 Å². The molecule has 1 unspecified atom stereocenters. The van der Waals surface area contributed by atoms with Crippen LogP contribution in [0, 0.1) is 5.92 Å². The fraction of sp³-hybridized carbons (Fsp3) is 0.750. The number of aromatic nitrogens is 1. The molecule has 0 aromatic carbocycles. The Morgan fingerprint density at radius 1 is 1.60 bits per heavy atom. The normalized spacial score (nSPS) is 20.2. The fourth-order valence-electron chi connectivity index (χ4n) is 1.68. The Morgan fingerprint density at radius 2 is 2.33 bits per heavy atom. The minimum atomic E-state index is 0.0816. The van der Waals surface area contributed by atoms with Crippen LogP contribution in [0.2, 0.25) is 0 Å². The van der Waals surface area contributed by atoms with E-state index in [2.05, 4.69) is 19.2 Å². The van der Waals surface area contributed by atoms with Gasteiger partial charge in [0.15, 0.2) is 0 Å². The zero-order chi connectivity index (χ0) is 10.9. The topological polar surface area (TPSA) is 38.9 Å². The van der Waals surface area contributed by atoms with E-state index in [4.69, 9.17) is 10.7 Å². The van der Waals surface area contributed by atoms with Gasteiger partial charge in [-0.25, -0.2) is 4.98 Å². The molecule has 1 atom stereocenters. The highest BCUT2D eigenvalue weighted by Gasteiger charge is 2.27. The van der Waals surface area contributed by atoms with Crippen molar-refractivity contribution in [2.75, 3.05) is 6.54 Å². The largest absolute Gasteiger partial charge is 0.330 e. The second-order valence-electron chi connectivity index (χ2n) is 4.89. The van der Waals surface area contributed by atoms with Crippen LogP contribution in [0.5, 0.6) is 0 Å². The molecule has 0 aliphatic heterocycles. The van der Waals surface area contributed by atoms with E-state index < -0.39 is 0 Å². The maximum Gasteiger partial charge on any atom is 0.0931 e. The summed E-state index contributed by atoms with van der Waals surface area (Å²) in [5.41, 5.74) is 7.12. The van der Waals surface area contributed by atoms with Gasteiger partial charge < -0.3 is 5.73 Å². The Hall–Kier alpha value is -0.410. The van der Waals surface area contributed by atoms with Crippen molar-refractivity contribution in [3.63, 3.8) is 0 Å². The predicted molar refractivity (Wildman–Crippen MR) is 65.2 cm³/mol. The van der Waals surface area contributed by atoms with Crippen LogP contribution < -0.4 is 5.73 Å². The van der Waals surface area contributed by atoms with Crippen LogP contribution in [0.1, 0.15) is 43.8 Å². The number of thiazole rings is 1. The zero-order valence-electron chi connectivity index (χ0n) is 9.62. The third kappa shape index (κ3) is 2.40. The Kier molecular flexibility index (Phi) is 3.12. The molecule has 84 valence electrons. The molecule has 1 heterocycles. The molecule has 1 fully saturated rings. The molecule has 0 spiro atoms. The molecule has 0 saturated heterocycles. The minimum absolute atomic E-state index is 0.0816. The summed E-state index contributed by atoms with van der Waals surface area (Å²) in [5.74, 6) is 0.926. The van der Waals surface area contributed by atoms with E-state index in [1.807, 2.05) is 11.3 Å². The van der Waals surface area contributed by atoms with Gasteiger partial charge in [0, 0.05) is 23.8 Å². The molecule has 2 rings (SSSR count). The SMILES string of the molecule is CCC(C)(CN)c1csc(CC2CC2)n1. The van der Waals surface area contributed by atoms with Gasteiger partial charge in [0.05, 0.1) is 10.7 Å². The molecule has 0 bridgehead atoms. The molecule has 1 aliphatic rings. The molecule has 1 aromatic heterocycles. The van der Waals surface area contributed by atoms with Gasteiger partial charge in [-0.15, -0.1) is 11.3 Å². The van der Waals surface area contributed by atoms with Gasteiger partial charge in [-0.05, 0) is 25.2 Å². The van der Waals surface area contributed by atoms with Gasteiger partial charge in [-0.2, -0.15) is 0 Å². The average molecular weight is 224 g/mol. The van der Waals surface area contributed by atoms with Crippen molar-refractivity contribution in [3.05, 3.63) is 16.1 Å². The van der Waals surface area contributed by atoms with Gasteiger partial charge in [-0.1, -0.05) is 13.8 Å². The minimum Gasteiger partial charge on any atom is -0.330 e. The third-order valence-electron chi connectivity index (χ3n) is 3.56. The molecule has 1 aliphatic carbocycles. The van der Waals surface area contributed by atoms with E-state index in [1.54, 1.807) is 0 Å². The van der Waals surface area contributed by atoms with Crippen molar-refractivity contribution >= 4 is 11.3 Å². The van der Waals surface area contributed by atoms with Crippen LogP contribution in [0.15, 0.2) is 5.38 Å². The lowest BCUT2D eigenvalue weighted by molar-refractivity contribution is 0.454. The lowest BCUT2D eigenvalue weighted by Crippen LogP contribution is -2.31. The summed E-state index contributed by atoms with van der Waals surface area (Å²) in [4.78, 5) is 4.74. The summed E-state index contributed by atoms with van der Waals surface area (Å²) >= 11 is 1.81. The van der Waals surface area contributed by atoms with Gasteiger partial charge in [0.25, 0.3) is 0 Å². The Balaban J connectivity index is 2.10. The van der Waals surface area contributed by atoms with Crippen molar-refractivity contribution in [2.45, 2.75) is 44.9 Å². The number of rotatable bonds is 5. The van der Waals surface area contributed by atoms with Crippen LogP contribution in [0.25, 0.3) is 0 Å². The second kappa shape index (κ2) is 4.22. The van der Waals surface area contributed by atoms with E-state index in [0.29, 0.717) is 6.54 Å². The molecule has 1 aromatic rings. The first kappa shape index (κ1) is 11.1. The fourth-order valence-corrected chi connectivity index (χ4v) is 2.75. The Labute approximate surface area is 95.9 Å². The second-order valence-corrected chi connectivity index (χ2v) is 5.83. The highest BCUT2D eigenvalue weighted by Crippen LogP contribution is 2.35. The van der Waals surface area contributed by atoms with E-state index >= 15 is 0 Å². The monoisotopic (exact) mass is 224 g/mol. The van der Waals surface area contributed by atoms with E-state index in [1.165, 1.54) is 30.0 Å². The van der Waals surface area contributed by atoms with Gasteiger partial charge in [0.1, 0.15) is 0 Å². The third-order valence-corrected chi connectivity index (χ3v) is 4.43. The van der Waals surface area contributed by atoms with Crippen molar-refractivity contribution in [1.29, 1.82) is 0 Å². The molecule has 2 nitrogen and oxygen atoms in total. The van der Waals surface area contributed by atoms with Gasteiger partial charge in [0.2, 0.25) is 0 Å². The predicted octanol–water partition coefficient (Wildman–Crippen LogP) is 2.72. The maximum atomic E-state index is 5.84. The van der Waals surface area contributed by atoms with Crippen molar-refractivity contribution in [3.8, 4) is 0 Å². The highest BCUT2D eigenvalue weighted by atomic mass is 32.1. The number of nitrogens with zero attached hydrogens (tertiary/aromatic N) is 1. The first-order valence-corrected chi connectivity index (χ1v) is 6.71. The lowest BCUT2D eigenvalue weighted by atomic mass is 9.85. The maximum absolute atomic E-state index is 5.84. The molecule has 15 heavy (non-hydrogen) atoms. The molecule has 0 amide bonds.